The fraction of sp³-hybridized carbons (Fsp3) is 0.789. The van der Waals surface area contributed by atoms with Gasteiger partial charge in [-0.25, -0.2) is 4.79 Å². The van der Waals surface area contributed by atoms with Crippen molar-refractivity contribution in [3.63, 3.8) is 0 Å². The van der Waals surface area contributed by atoms with Gasteiger partial charge < -0.3 is 4.74 Å². The van der Waals surface area contributed by atoms with Gasteiger partial charge >= 0.3 is 11.9 Å². The smallest absolute Gasteiger partial charge is 0.342 e. The summed E-state index contributed by atoms with van der Waals surface area (Å²) in [6.45, 7) is 6.93. The molecule has 0 aromatic carbocycles. The third-order valence-electron chi connectivity index (χ3n) is 5.12. The number of cyclic esters (lactones) is 2. The molecule has 1 saturated heterocycles. The summed E-state index contributed by atoms with van der Waals surface area (Å²) in [6, 6.07) is 0. The first-order valence-corrected chi connectivity index (χ1v) is 8.93. The molecule has 22 heavy (non-hydrogen) atoms. The Morgan fingerprint density at radius 1 is 1.14 bits per heavy atom. The monoisotopic (exact) mass is 306 g/mol. The molecule has 1 aliphatic carbocycles. The molecule has 2 rings (SSSR count). The van der Waals surface area contributed by atoms with E-state index >= 15 is 0 Å². The van der Waals surface area contributed by atoms with E-state index in [0.29, 0.717) is 11.5 Å². The van der Waals surface area contributed by atoms with Crippen LogP contribution in [0.25, 0.3) is 0 Å². The van der Waals surface area contributed by atoms with Gasteiger partial charge in [0.1, 0.15) is 0 Å². The summed E-state index contributed by atoms with van der Waals surface area (Å²) in [5.74, 6) is 1.13. The minimum absolute atomic E-state index is 0.269. The number of ether oxygens (including phenoxy) is 1. The fourth-order valence-electron chi connectivity index (χ4n) is 3.67. The molecule has 3 atom stereocenters. The minimum atomic E-state index is -0.410. The lowest BCUT2D eigenvalue weighted by molar-refractivity contribution is -0.152. The van der Waals surface area contributed by atoms with Crippen LogP contribution >= 0.6 is 0 Å². The van der Waals surface area contributed by atoms with E-state index in [0.717, 1.165) is 31.1 Å². The number of allylic oxidation sites excluding steroid dienone is 1. The van der Waals surface area contributed by atoms with Crippen LogP contribution < -0.4 is 0 Å². The van der Waals surface area contributed by atoms with Crippen molar-refractivity contribution in [2.75, 3.05) is 0 Å². The maximum Gasteiger partial charge on any atom is 0.342 e. The molecule has 0 aromatic rings. The number of rotatable bonds is 8. The number of carbonyl (C=O) groups excluding carboxylic acids is 2. The van der Waals surface area contributed by atoms with Crippen LogP contribution in [0.5, 0.6) is 0 Å². The molecule has 0 saturated carbocycles. The first-order chi connectivity index (χ1) is 10.5. The van der Waals surface area contributed by atoms with Crippen LogP contribution in [0.3, 0.4) is 0 Å². The topological polar surface area (TPSA) is 43.4 Å². The van der Waals surface area contributed by atoms with Crippen molar-refractivity contribution in [3.8, 4) is 0 Å². The number of fused-ring (bicyclic) bond motifs is 1. The summed E-state index contributed by atoms with van der Waals surface area (Å²) in [6.07, 6.45) is 11.3. The predicted molar refractivity (Wildman–Crippen MR) is 87.1 cm³/mol. The van der Waals surface area contributed by atoms with Crippen LogP contribution in [0.15, 0.2) is 11.6 Å². The third-order valence-corrected chi connectivity index (χ3v) is 5.12. The summed E-state index contributed by atoms with van der Waals surface area (Å²) in [4.78, 5) is 23.1. The summed E-state index contributed by atoms with van der Waals surface area (Å²) < 4.78 is 4.72. The molecule has 0 N–H and O–H groups in total. The SMILES string of the molecule is CC(C)CCCC(C)CCCC1CC=C2C(=O)OC(=O)C2C1. The van der Waals surface area contributed by atoms with Gasteiger partial charge in [-0.1, -0.05) is 65.4 Å². The van der Waals surface area contributed by atoms with Crippen molar-refractivity contribution >= 4 is 11.9 Å². The van der Waals surface area contributed by atoms with Gasteiger partial charge in [0, 0.05) is 5.57 Å². The van der Waals surface area contributed by atoms with Crippen LogP contribution in [0, 0.1) is 23.7 Å². The quantitative estimate of drug-likeness (QED) is 0.484. The van der Waals surface area contributed by atoms with Crippen LogP contribution in [0.4, 0.5) is 0 Å². The Balaban J connectivity index is 1.65. The molecule has 3 heteroatoms. The van der Waals surface area contributed by atoms with Gasteiger partial charge in [-0.2, -0.15) is 0 Å². The van der Waals surface area contributed by atoms with Crippen molar-refractivity contribution in [1.82, 2.24) is 0 Å². The molecule has 2 aliphatic rings. The highest BCUT2D eigenvalue weighted by Crippen LogP contribution is 2.37. The molecule has 0 bridgehead atoms. The Morgan fingerprint density at radius 2 is 1.86 bits per heavy atom. The van der Waals surface area contributed by atoms with E-state index < -0.39 is 5.97 Å². The Hall–Kier alpha value is -1.12. The molecule has 1 fully saturated rings. The van der Waals surface area contributed by atoms with E-state index in [9.17, 15) is 9.59 Å². The second-order valence-corrected chi connectivity index (χ2v) is 7.62. The normalized spacial score (nSPS) is 25.9. The lowest BCUT2D eigenvalue weighted by Crippen LogP contribution is -2.19. The lowest BCUT2D eigenvalue weighted by atomic mass is 9.79. The molecular formula is C19H30O3. The molecule has 124 valence electrons. The van der Waals surface area contributed by atoms with Gasteiger partial charge in [0.15, 0.2) is 0 Å². The molecule has 0 spiro atoms. The van der Waals surface area contributed by atoms with E-state index in [1.165, 1.54) is 32.1 Å². The molecule has 1 heterocycles. The zero-order valence-corrected chi connectivity index (χ0v) is 14.3. The predicted octanol–water partition coefficient (Wildman–Crippen LogP) is 4.66. The summed E-state index contributed by atoms with van der Waals surface area (Å²) >= 11 is 0. The maximum absolute atomic E-state index is 11.6. The van der Waals surface area contributed by atoms with E-state index in [-0.39, 0.29) is 11.9 Å². The first kappa shape index (κ1) is 17.2. The van der Waals surface area contributed by atoms with Crippen LogP contribution in [0.2, 0.25) is 0 Å². The van der Waals surface area contributed by atoms with Crippen LogP contribution in [-0.4, -0.2) is 11.9 Å². The molecule has 3 unspecified atom stereocenters. The van der Waals surface area contributed by atoms with Gasteiger partial charge in [0.2, 0.25) is 0 Å². The van der Waals surface area contributed by atoms with Gasteiger partial charge in [-0.15, -0.1) is 0 Å². The zero-order valence-electron chi connectivity index (χ0n) is 14.3. The third kappa shape index (κ3) is 4.69. The van der Waals surface area contributed by atoms with E-state index in [1.54, 1.807) is 0 Å². The van der Waals surface area contributed by atoms with E-state index in [2.05, 4.69) is 20.8 Å². The molecular weight excluding hydrogens is 276 g/mol. The highest BCUT2D eigenvalue weighted by Gasteiger charge is 2.41. The second kappa shape index (κ2) is 7.94. The van der Waals surface area contributed by atoms with E-state index in [1.807, 2.05) is 6.08 Å². The first-order valence-electron chi connectivity index (χ1n) is 8.93. The molecule has 0 amide bonds. The Bertz CT molecular complexity index is 436. The number of hydrogen-bond acceptors (Lipinski definition) is 3. The average molecular weight is 306 g/mol. The summed E-state index contributed by atoms with van der Waals surface area (Å²) in [5.41, 5.74) is 0.614. The van der Waals surface area contributed by atoms with Gasteiger partial charge in [-0.3, -0.25) is 4.79 Å². The standard InChI is InChI=1S/C19H30O3/c1-13(2)6-4-7-14(3)8-5-9-15-10-11-16-17(12-15)19(21)22-18(16)20/h11,13-15,17H,4-10,12H2,1-3H3. The largest absolute Gasteiger partial charge is 0.389 e. The Labute approximate surface area is 134 Å². The van der Waals surface area contributed by atoms with Gasteiger partial charge in [0.05, 0.1) is 5.92 Å². The van der Waals surface area contributed by atoms with Crippen LogP contribution in [0.1, 0.15) is 72.1 Å². The molecule has 0 aromatic heterocycles. The van der Waals surface area contributed by atoms with Gasteiger partial charge in [-0.05, 0) is 30.6 Å². The Kier molecular flexibility index (Phi) is 6.22. The van der Waals surface area contributed by atoms with Crippen molar-refractivity contribution in [3.05, 3.63) is 11.6 Å². The molecule has 3 nitrogen and oxygen atoms in total. The molecule has 1 aliphatic heterocycles. The van der Waals surface area contributed by atoms with Crippen molar-refractivity contribution in [2.24, 2.45) is 23.7 Å². The lowest BCUT2D eigenvalue weighted by Gasteiger charge is -2.22. The zero-order chi connectivity index (χ0) is 16.1. The van der Waals surface area contributed by atoms with Crippen molar-refractivity contribution < 1.29 is 14.3 Å². The second-order valence-electron chi connectivity index (χ2n) is 7.62. The Morgan fingerprint density at radius 3 is 2.59 bits per heavy atom. The van der Waals surface area contributed by atoms with Crippen molar-refractivity contribution in [2.45, 2.75) is 72.1 Å². The highest BCUT2D eigenvalue weighted by molar-refractivity contribution is 6.07. The highest BCUT2D eigenvalue weighted by atomic mass is 16.6. The van der Waals surface area contributed by atoms with Crippen LogP contribution in [-0.2, 0) is 14.3 Å². The number of carbonyl (C=O) groups is 2. The summed E-state index contributed by atoms with van der Waals surface area (Å²) in [5, 5.41) is 0. The van der Waals surface area contributed by atoms with Gasteiger partial charge in [0.25, 0.3) is 0 Å². The number of hydrogen-bond donors (Lipinski definition) is 0. The summed E-state index contributed by atoms with van der Waals surface area (Å²) in [7, 11) is 0. The fourth-order valence-corrected chi connectivity index (χ4v) is 3.67. The number of esters is 2. The maximum atomic E-state index is 11.6. The molecule has 0 radical (unpaired) electrons. The average Bonchev–Trinajstić information content (AvgIpc) is 2.73. The van der Waals surface area contributed by atoms with Crippen molar-refractivity contribution in [1.29, 1.82) is 0 Å². The van der Waals surface area contributed by atoms with E-state index in [4.69, 9.17) is 4.74 Å². The minimum Gasteiger partial charge on any atom is -0.389 e.